The number of carbonyl (C=O) groups is 1. The Morgan fingerprint density at radius 3 is 2.92 bits per heavy atom. The van der Waals surface area contributed by atoms with E-state index in [0.29, 0.717) is 12.7 Å². The van der Waals surface area contributed by atoms with Crippen LogP contribution in [0.4, 0.5) is 4.79 Å². The molecule has 4 heteroatoms. The van der Waals surface area contributed by atoms with E-state index in [1.807, 2.05) is 0 Å². The van der Waals surface area contributed by atoms with Gasteiger partial charge in [0.1, 0.15) is 6.10 Å². The third-order valence-corrected chi connectivity index (χ3v) is 2.56. The first-order valence-corrected chi connectivity index (χ1v) is 4.78. The van der Waals surface area contributed by atoms with Gasteiger partial charge in [-0.25, -0.2) is 4.79 Å². The van der Waals surface area contributed by atoms with Gasteiger partial charge in [0.15, 0.2) is 0 Å². The summed E-state index contributed by atoms with van der Waals surface area (Å²) in [6.45, 7) is 2.12. The highest BCUT2D eigenvalue weighted by Gasteiger charge is 2.43. The molecule has 3 atom stereocenters. The number of hydrogen-bond donors (Lipinski definition) is 0. The van der Waals surface area contributed by atoms with Gasteiger partial charge in [-0.1, -0.05) is 0 Å². The molecule has 3 unspecified atom stereocenters. The van der Waals surface area contributed by atoms with E-state index in [1.54, 1.807) is 6.92 Å². The standard InChI is InChI=1S/C9H14O4/c1-2-11-9(10)13-8-5-6-3-4-7(8)12-6/h6-8H,2-5H2,1H3. The summed E-state index contributed by atoms with van der Waals surface area (Å²) in [5.41, 5.74) is 0. The fraction of sp³-hybridized carbons (Fsp3) is 0.889. The zero-order valence-corrected chi connectivity index (χ0v) is 7.69. The van der Waals surface area contributed by atoms with Crippen LogP contribution >= 0.6 is 0 Å². The summed E-state index contributed by atoms with van der Waals surface area (Å²) in [5, 5.41) is 0. The van der Waals surface area contributed by atoms with Crippen molar-refractivity contribution in [3.05, 3.63) is 0 Å². The molecule has 2 bridgehead atoms. The smallest absolute Gasteiger partial charge is 0.435 e. The lowest BCUT2D eigenvalue weighted by Gasteiger charge is -2.18. The Hall–Kier alpha value is -0.770. The van der Waals surface area contributed by atoms with Crippen molar-refractivity contribution < 1.29 is 19.0 Å². The number of rotatable bonds is 2. The maximum Gasteiger partial charge on any atom is 0.508 e. The van der Waals surface area contributed by atoms with Crippen LogP contribution < -0.4 is 0 Å². The number of ether oxygens (including phenoxy) is 3. The highest BCUT2D eigenvalue weighted by molar-refractivity contribution is 5.60. The minimum atomic E-state index is -0.566. The fourth-order valence-electron chi connectivity index (χ4n) is 1.99. The van der Waals surface area contributed by atoms with E-state index in [2.05, 4.69) is 0 Å². The molecule has 0 aliphatic carbocycles. The lowest BCUT2D eigenvalue weighted by molar-refractivity contribution is -0.00355. The van der Waals surface area contributed by atoms with Crippen molar-refractivity contribution in [1.82, 2.24) is 0 Å². The van der Waals surface area contributed by atoms with E-state index >= 15 is 0 Å². The van der Waals surface area contributed by atoms with Crippen molar-refractivity contribution in [2.24, 2.45) is 0 Å². The number of carbonyl (C=O) groups excluding carboxylic acids is 1. The molecule has 0 spiro atoms. The molecular formula is C9H14O4. The average molecular weight is 186 g/mol. The molecule has 2 fully saturated rings. The summed E-state index contributed by atoms with van der Waals surface area (Å²) in [6, 6.07) is 0. The molecule has 0 N–H and O–H groups in total. The molecular weight excluding hydrogens is 172 g/mol. The predicted octanol–water partition coefficient (Wildman–Crippen LogP) is 1.48. The van der Waals surface area contributed by atoms with Gasteiger partial charge >= 0.3 is 6.16 Å². The first-order chi connectivity index (χ1) is 6.29. The second kappa shape index (κ2) is 3.54. The molecule has 2 rings (SSSR count). The minimum Gasteiger partial charge on any atom is -0.435 e. The SMILES string of the molecule is CCOC(=O)OC1CC2CCC1O2. The van der Waals surface area contributed by atoms with Gasteiger partial charge in [-0.3, -0.25) is 0 Å². The molecule has 2 aliphatic rings. The molecule has 74 valence electrons. The zero-order valence-electron chi connectivity index (χ0n) is 7.69. The number of hydrogen-bond acceptors (Lipinski definition) is 4. The van der Waals surface area contributed by atoms with Gasteiger partial charge in [-0.15, -0.1) is 0 Å². The van der Waals surface area contributed by atoms with Gasteiger partial charge in [0, 0.05) is 6.42 Å². The Kier molecular flexibility index (Phi) is 2.40. The molecule has 0 aromatic carbocycles. The average Bonchev–Trinajstić information content (AvgIpc) is 2.65. The maximum absolute atomic E-state index is 11.0. The van der Waals surface area contributed by atoms with Crippen molar-refractivity contribution >= 4 is 6.16 Å². The van der Waals surface area contributed by atoms with Gasteiger partial charge in [-0.2, -0.15) is 0 Å². The summed E-state index contributed by atoms with van der Waals surface area (Å²) in [7, 11) is 0. The molecule has 0 amide bonds. The van der Waals surface area contributed by atoms with Crippen molar-refractivity contribution in [2.75, 3.05) is 6.61 Å². The van der Waals surface area contributed by atoms with Crippen LogP contribution in [0.5, 0.6) is 0 Å². The second-order valence-electron chi connectivity index (χ2n) is 3.45. The van der Waals surface area contributed by atoms with E-state index in [1.165, 1.54) is 0 Å². The minimum absolute atomic E-state index is 0.0715. The largest absolute Gasteiger partial charge is 0.508 e. The van der Waals surface area contributed by atoms with Gasteiger partial charge in [0.2, 0.25) is 0 Å². The second-order valence-corrected chi connectivity index (χ2v) is 3.45. The Morgan fingerprint density at radius 1 is 1.54 bits per heavy atom. The van der Waals surface area contributed by atoms with Crippen LogP contribution in [-0.2, 0) is 14.2 Å². The third-order valence-electron chi connectivity index (χ3n) is 2.56. The molecule has 0 aromatic heterocycles. The summed E-state index contributed by atoms with van der Waals surface area (Å²) in [6.07, 6.45) is 2.74. The lowest BCUT2D eigenvalue weighted by Crippen LogP contribution is -2.28. The van der Waals surface area contributed by atoms with Crippen molar-refractivity contribution in [1.29, 1.82) is 0 Å². The molecule has 0 aromatic rings. The van der Waals surface area contributed by atoms with E-state index in [4.69, 9.17) is 14.2 Å². The van der Waals surface area contributed by atoms with E-state index in [-0.39, 0.29) is 12.2 Å². The topological polar surface area (TPSA) is 44.8 Å². The Bertz CT molecular complexity index is 204. The predicted molar refractivity (Wildman–Crippen MR) is 44.4 cm³/mol. The molecule has 0 saturated carbocycles. The lowest BCUT2D eigenvalue weighted by atomic mass is 9.98. The van der Waals surface area contributed by atoms with Crippen LogP contribution in [-0.4, -0.2) is 31.1 Å². The van der Waals surface area contributed by atoms with E-state index in [0.717, 1.165) is 19.3 Å². The Labute approximate surface area is 77.1 Å². The molecule has 0 radical (unpaired) electrons. The quantitative estimate of drug-likeness (QED) is 0.613. The van der Waals surface area contributed by atoms with Crippen LogP contribution in [0.3, 0.4) is 0 Å². The molecule has 2 aliphatic heterocycles. The number of fused-ring (bicyclic) bond motifs is 2. The van der Waals surface area contributed by atoms with Crippen molar-refractivity contribution in [3.8, 4) is 0 Å². The first kappa shape index (κ1) is 8.81. The van der Waals surface area contributed by atoms with Crippen LogP contribution in [0, 0.1) is 0 Å². The maximum atomic E-state index is 11.0. The summed E-state index contributed by atoms with van der Waals surface area (Å²) in [4.78, 5) is 11.0. The van der Waals surface area contributed by atoms with Gasteiger partial charge < -0.3 is 14.2 Å². The van der Waals surface area contributed by atoms with Crippen LogP contribution in [0.1, 0.15) is 26.2 Å². The molecule has 13 heavy (non-hydrogen) atoms. The third kappa shape index (κ3) is 1.77. The molecule has 2 saturated heterocycles. The normalized spacial score (nSPS) is 36.2. The van der Waals surface area contributed by atoms with Gasteiger partial charge in [-0.05, 0) is 19.8 Å². The molecule has 4 nitrogen and oxygen atoms in total. The van der Waals surface area contributed by atoms with Crippen LogP contribution in [0.2, 0.25) is 0 Å². The first-order valence-electron chi connectivity index (χ1n) is 4.78. The van der Waals surface area contributed by atoms with Gasteiger partial charge in [0.25, 0.3) is 0 Å². The zero-order chi connectivity index (χ0) is 9.26. The Balaban J connectivity index is 1.79. The van der Waals surface area contributed by atoms with E-state index in [9.17, 15) is 4.79 Å². The monoisotopic (exact) mass is 186 g/mol. The van der Waals surface area contributed by atoms with E-state index < -0.39 is 6.16 Å². The highest BCUT2D eigenvalue weighted by atomic mass is 16.7. The van der Waals surface area contributed by atoms with Crippen LogP contribution in [0.15, 0.2) is 0 Å². The summed E-state index contributed by atoms with van der Waals surface area (Å²) < 4.78 is 15.3. The van der Waals surface area contributed by atoms with Gasteiger partial charge in [0.05, 0.1) is 18.8 Å². The summed E-state index contributed by atoms with van der Waals surface area (Å²) in [5.74, 6) is 0. The van der Waals surface area contributed by atoms with Crippen molar-refractivity contribution in [2.45, 2.75) is 44.5 Å². The molecule has 2 heterocycles. The van der Waals surface area contributed by atoms with Crippen molar-refractivity contribution in [3.63, 3.8) is 0 Å². The fourth-order valence-corrected chi connectivity index (χ4v) is 1.99. The highest BCUT2D eigenvalue weighted by Crippen LogP contribution is 2.36. The van der Waals surface area contributed by atoms with Crippen LogP contribution in [0.25, 0.3) is 0 Å². The summed E-state index contributed by atoms with van der Waals surface area (Å²) >= 11 is 0. The Morgan fingerprint density at radius 2 is 2.38 bits per heavy atom.